The summed E-state index contributed by atoms with van der Waals surface area (Å²) in [5, 5.41) is 13.3. The topological polar surface area (TPSA) is 76.0 Å². The highest BCUT2D eigenvalue weighted by Gasteiger charge is 2.20. The van der Waals surface area contributed by atoms with E-state index >= 15 is 0 Å². The van der Waals surface area contributed by atoms with E-state index in [1.165, 1.54) is 54.2 Å². The molecule has 0 bridgehead atoms. The third kappa shape index (κ3) is 4.60. The molecule has 6 nitrogen and oxygen atoms in total. The molecule has 2 aliphatic heterocycles. The quantitative estimate of drug-likeness (QED) is 0.377. The summed E-state index contributed by atoms with van der Waals surface area (Å²) in [5.74, 6) is -0.466. The summed E-state index contributed by atoms with van der Waals surface area (Å²) in [5.41, 5.74) is 1.75. The average molecular weight is 479 g/mol. The molecule has 2 N–H and O–H groups in total. The Kier molecular flexibility index (Phi) is 6.69. The van der Waals surface area contributed by atoms with Gasteiger partial charge in [-0.1, -0.05) is 31.4 Å². The van der Waals surface area contributed by atoms with Crippen molar-refractivity contribution in [3.05, 3.63) is 69.6 Å². The maximum Gasteiger partial charge on any atom is 0.281 e. The van der Waals surface area contributed by atoms with E-state index in [9.17, 15) is 14.0 Å². The maximum absolute atomic E-state index is 14.1. The molecule has 2 aromatic carbocycles. The van der Waals surface area contributed by atoms with E-state index in [2.05, 4.69) is 15.7 Å². The Bertz CT molecular complexity index is 1330. The molecule has 0 aromatic heterocycles. The molecule has 1 fully saturated rings. The lowest BCUT2D eigenvalue weighted by Crippen LogP contribution is -2.34. The van der Waals surface area contributed by atoms with Gasteiger partial charge in [-0.05, 0) is 56.1 Å². The normalized spacial score (nSPS) is 14.6. The summed E-state index contributed by atoms with van der Waals surface area (Å²) >= 11 is 1.20. The van der Waals surface area contributed by atoms with Gasteiger partial charge in [0.15, 0.2) is 0 Å². The number of carbonyl (C=O) groups excluding carboxylic acids is 1. The minimum Gasteiger partial charge on any atom is -0.352 e. The van der Waals surface area contributed by atoms with Crippen molar-refractivity contribution >= 4 is 27.3 Å². The molecule has 0 spiro atoms. The van der Waals surface area contributed by atoms with Gasteiger partial charge in [0.05, 0.1) is 16.0 Å². The van der Waals surface area contributed by atoms with Crippen molar-refractivity contribution in [3.63, 3.8) is 0 Å². The number of hydrogen-bond acceptors (Lipinski definition) is 5. The number of amides is 1. The van der Waals surface area contributed by atoms with Crippen LogP contribution in [0.15, 0.2) is 52.6 Å². The van der Waals surface area contributed by atoms with Crippen LogP contribution in [-0.2, 0) is 0 Å². The van der Waals surface area contributed by atoms with Gasteiger partial charge in [0.1, 0.15) is 11.5 Å². The fourth-order valence-electron chi connectivity index (χ4n) is 4.59. The largest absolute Gasteiger partial charge is 0.352 e. The maximum atomic E-state index is 14.1. The fourth-order valence-corrected chi connectivity index (χ4v) is 5.51. The van der Waals surface area contributed by atoms with Gasteiger partial charge in [-0.25, -0.2) is 4.39 Å². The summed E-state index contributed by atoms with van der Waals surface area (Å²) in [6.45, 7) is 1.52. The van der Waals surface area contributed by atoms with Gasteiger partial charge in [0.2, 0.25) is 0 Å². The van der Waals surface area contributed by atoms with Crippen LogP contribution in [0, 0.1) is 5.82 Å². The van der Waals surface area contributed by atoms with Gasteiger partial charge >= 0.3 is 0 Å². The fraction of sp³-hybridized carbons (Fsp3) is 0.346. The van der Waals surface area contributed by atoms with Crippen molar-refractivity contribution in [2.45, 2.75) is 44.6 Å². The lowest BCUT2D eigenvalue weighted by atomic mass is 9.95. The first-order chi connectivity index (χ1) is 16.6. The molecule has 1 amide bonds. The van der Waals surface area contributed by atoms with E-state index in [0.29, 0.717) is 45.2 Å². The molecule has 3 aliphatic rings. The van der Waals surface area contributed by atoms with Crippen LogP contribution in [0.25, 0.3) is 27.0 Å². The van der Waals surface area contributed by atoms with E-state index < -0.39 is 0 Å². The molecule has 2 heterocycles. The highest BCUT2D eigenvalue weighted by Crippen LogP contribution is 2.32. The summed E-state index contributed by atoms with van der Waals surface area (Å²) in [7, 11) is 0. The summed E-state index contributed by atoms with van der Waals surface area (Å²) in [6.07, 6.45) is 7.35. The van der Waals surface area contributed by atoms with E-state index in [-0.39, 0.29) is 17.3 Å². The van der Waals surface area contributed by atoms with Crippen LogP contribution in [0.2, 0.25) is 0 Å². The van der Waals surface area contributed by atoms with Crippen LogP contribution in [0.5, 0.6) is 0 Å². The summed E-state index contributed by atoms with van der Waals surface area (Å²) in [4.78, 5) is 25.4. The van der Waals surface area contributed by atoms with Crippen molar-refractivity contribution in [1.29, 1.82) is 0 Å². The summed E-state index contributed by atoms with van der Waals surface area (Å²) < 4.78 is 15.9. The molecule has 0 radical (unpaired) electrons. The van der Waals surface area contributed by atoms with Crippen LogP contribution < -0.4 is 16.2 Å². The summed E-state index contributed by atoms with van der Waals surface area (Å²) in [6, 6.07) is 12.2. The van der Waals surface area contributed by atoms with Gasteiger partial charge in [-0.15, -0.1) is 11.3 Å². The molecule has 34 heavy (non-hydrogen) atoms. The Balaban J connectivity index is 1.24. The van der Waals surface area contributed by atoms with E-state index in [1.807, 2.05) is 0 Å². The molecule has 1 aliphatic carbocycles. The smallest absolute Gasteiger partial charge is 0.281 e. The van der Waals surface area contributed by atoms with Crippen molar-refractivity contribution in [1.82, 2.24) is 20.4 Å². The lowest BCUT2D eigenvalue weighted by Gasteiger charge is -2.22. The van der Waals surface area contributed by atoms with Gasteiger partial charge < -0.3 is 10.6 Å². The van der Waals surface area contributed by atoms with Crippen LogP contribution in [0.1, 0.15) is 48.9 Å². The minimum absolute atomic E-state index is 0.138. The number of halogens is 1. The van der Waals surface area contributed by atoms with Gasteiger partial charge in [0.25, 0.3) is 11.5 Å². The van der Waals surface area contributed by atoms with Crippen LogP contribution >= 0.6 is 11.3 Å². The second-order valence-corrected chi connectivity index (χ2v) is 9.66. The Morgan fingerprint density at radius 2 is 1.88 bits per heavy atom. The second-order valence-electron chi connectivity index (χ2n) is 8.78. The second kappa shape index (κ2) is 10.0. The van der Waals surface area contributed by atoms with Crippen molar-refractivity contribution in [3.8, 4) is 16.9 Å². The van der Waals surface area contributed by atoms with Gasteiger partial charge in [0, 0.05) is 28.9 Å². The van der Waals surface area contributed by atoms with Crippen molar-refractivity contribution in [2.75, 3.05) is 13.1 Å². The Morgan fingerprint density at radius 3 is 2.68 bits per heavy atom. The molecular formula is C26H27FN4O2S. The van der Waals surface area contributed by atoms with Crippen molar-refractivity contribution in [2.24, 2.45) is 0 Å². The zero-order chi connectivity index (χ0) is 23.5. The molecule has 0 atom stereocenters. The molecule has 8 heteroatoms. The molecule has 0 unspecified atom stereocenters. The number of hydrogen-bond donors (Lipinski definition) is 2. The van der Waals surface area contributed by atoms with E-state index in [0.717, 1.165) is 13.0 Å². The van der Waals surface area contributed by atoms with Crippen LogP contribution in [-0.4, -0.2) is 34.8 Å². The first-order valence-corrected chi connectivity index (χ1v) is 12.7. The molecule has 176 valence electrons. The number of fused-ring (bicyclic) bond motifs is 3. The molecular weight excluding hydrogens is 451 g/mol. The highest BCUT2D eigenvalue weighted by molar-refractivity contribution is 7.17. The zero-order valence-corrected chi connectivity index (χ0v) is 19.7. The number of benzene rings is 2. The van der Waals surface area contributed by atoms with Crippen LogP contribution in [0.4, 0.5) is 4.39 Å². The number of rotatable bonds is 7. The molecule has 0 saturated heterocycles. The van der Waals surface area contributed by atoms with Crippen molar-refractivity contribution < 1.29 is 9.18 Å². The third-order valence-electron chi connectivity index (χ3n) is 6.45. The number of nitrogens with zero attached hydrogens (tertiary/aromatic N) is 2. The third-order valence-corrected chi connectivity index (χ3v) is 7.45. The minimum atomic E-state index is -0.327. The average Bonchev–Trinajstić information content (AvgIpc) is 3.21. The monoisotopic (exact) mass is 478 g/mol. The predicted molar refractivity (Wildman–Crippen MR) is 134 cm³/mol. The van der Waals surface area contributed by atoms with E-state index in [4.69, 9.17) is 0 Å². The lowest BCUT2D eigenvalue weighted by molar-refractivity contribution is 0.0953. The standard InChI is InChI=1S/C26H27FN4O2S/c27-22-9-4-8-20-23-21(16-34-24(20)22)26(33)31(30-23)19-12-10-17(11-13-19)25(32)29-15-5-14-28-18-6-2-1-3-7-18/h4,8-13,16,18,28H,1-3,5-7,14-15H2,(H,29,32). The Morgan fingerprint density at radius 1 is 1.09 bits per heavy atom. The first-order valence-electron chi connectivity index (χ1n) is 11.8. The molecule has 1 saturated carbocycles. The Labute approximate surface area is 201 Å². The van der Waals surface area contributed by atoms with E-state index in [1.54, 1.807) is 41.8 Å². The highest BCUT2D eigenvalue weighted by atomic mass is 32.1. The number of nitrogens with one attached hydrogen (secondary N) is 2. The van der Waals surface area contributed by atoms with Gasteiger partial charge in [-0.2, -0.15) is 9.78 Å². The number of carbonyl (C=O) groups is 1. The molecule has 2 aromatic rings. The zero-order valence-electron chi connectivity index (χ0n) is 18.9. The van der Waals surface area contributed by atoms with Gasteiger partial charge in [-0.3, -0.25) is 9.59 Å². The molecule has 5 rings (SSSR count). The predicted octanol–water partition coefficient (Wildman–Crippen LogP) is 4.73. The Hall–Kier alpha value is -3.10. The number of aromatic nitrogens is 2. The first kappa shape index (κ1) is 22.7. The SMILES string of the molecule is O=C(NCCCNC1CCCCC1)c1ccc(-n2nc3c4cccc(F)c4scc-3c2=O)cc1. The van der Waals surface area contributed by atoms with Crippen LogP contribution in [0.3, 0.4) is 0 Å².